The number of amides is 2. The summed E-state index contributed by atoms with van der Waals surface area (Å²) in [5, 5.41) is 9.21. The third kappa shape index (κ3) is 5.17. The zero-order chi connectivity index (χ0) is 19.2. The molecule has 1 fully saturated rings. The van der Waals surface area contributed by atoms with Crippen LogP contribution in [0.5, 0.6) is 0 Å². The first kappa shape index (κ1) is 19.1. The van der Waals surface area contributed by atoms with E-state index < -0.39 is 0 Å². The Hall–Kier alpha value is -2.66. The van der Waals surface area contributed by atoms with Gasteiger partial charge in [0.1, 0.15) is 0 Å². The molecule has 1 unspecified atom stereocenters. The molecule has 3 rings (SSSR count). The molecule has 0 radical (unpaired) electrons. The molecule has 142 valence electrons. The van der Waals surface area contributed by atoms with Crippen molar-refractivity contribution in [2.24, 2.45) is 0 Å². The van der Waals surface area contributed by atoms with Crippen LogP contribution in [0, 0.1) is 0 Å². The fraction of sp³-hybridized carbons (Fsp3) is 0.364. The van der Waals surface area contributed by atoms with E-state index in [0.717, 1.165) is 31.6 Å². The molecule has 2 aromatic rings. The second kappa shape index (κ2) is 8.82. The molecular formula is C22H27N3O2. The monoisotopic (exact) mass is 365 g/mol. The summed E-state index contributed by atoms with van der Waals surface area (Å²) < 4.78 is 0. The van der Waals surface area contributed by atoms with E-state index in [-0.39, 0.29) is 17.9 Å². The van der Waals surface area contributed by atoms with Crippen LogP contribution in [0.15, 0.2) is 48.5 Å². The minimum absolute atomic E-state index is 0.0973. The van der Waals surface area contributed by atoms with Crippen LogP contribution in [0.1, 0.15) is 58.9 Å². The minimum Gasteiger partial charge on any atom is -0.348 e. The molecule has 2 aromatic carbocycles. The van der Waals surface area contributed by atoms with Gasteiger partial charge in [0.15, 0.2) is 0 Å². The summed E-state index contributed by atoms with van der Waals surface area (Å²) in [6, 6.07) is 14.8. The molecule has 0 aliphatic carbocycles. The van der Waals surface area contributed by atoms with E-state index in [4.69, 9.17) is 0 Å². The van der Waals surface area contributed by atoms with Gasteiger partial charge in [-0.05, 0) is 67.3 Å². The Balaban J connectivity index is 1.58. The van der Waals surface area contributed by atoms with E-state index in [1.165, 1.54) is 5.56 Å². The third-order valence-corrected chi connectivity index (χ3v) is 4.88. The molecule has 0 bridgehead atoms. The normalized spacial score (nSPS) is 16.8. The van der Waals surface area contributed by atoms with E-state index in [1.807, 2.05) is 24.3 Å². The van der Waals surface area contributed by atoms with E-state index in [9.17, 15) is 9.59 Å². The van der Waals surface area contributed by atoms with Crippen LogP contribution in [0.25, 0.3) is 0 Å². The molecular weight excluding hydrogens is 338 g/mol. The minimum atomic E-state index is -0.185. The second-order valence-corrected chi connectivity index (χ2v) is 7.32. The highest BCUT2D eigenvalue weighted by molar-refractivity contribution is 6.05. The van der Waals surface area contributed by atoms with Gasteiger partial charge in [0.2, 0.25) is 0 Å². The lowest BCUT2D eigenvalue weighted by molar-refractivity contribution is 0.0929. The lowest BCUT2D eigenvalue weighted by atomic mass is 10.0. The first-order valence-electron chi connectivity index (χ1n) is 9.56. The van der Waals surface area contributed by atoms with Crippen LogP contribution in [0.2, 0.25) is 0 Å². The summed E-state index contributed by atoms with van der Waals surface area (Å²) in [5.74, 6) is 0.175. The Morgan fingerprint density at radius 1 is 0.963 bits per heavy atom. The molecule has 1 atom stereocenters. The van der Waals surface area contributed by atoms with Gasteiger partial charge in [-0.2, -0.15) is 0 Å². The number of hydrogen-bond acceptors (Lipinski definition) is 3. The summed E-state index contributed by atoms with van der Waals surface area (Å²) >= 11 is 0. The van der Waals surface area contributed by atoms with Gasteiger partial charge in [-0.15, -0.1) is 0 Å². The molecule has 1 saturated heterocycles. The number of rotatable bonds is 5. The molecule has 27 heavy (non-hydrogen) atoms. The highest BCUT2D eigenvalue weighted by Crippen LogP contribution is 2.18. The van der Waals surface area contributed by atoms with E-state index in [2.05, 4.69) is 29.8 Å². The predicted octanol–water partition coefficient (Wildman–Crippen LogP) is 3.54. The number of hydrogen-bond donors (Lipinski definition) is 3. The zero-order valence-corrected chi connectivity index (χ0v) is 15.9. The topological polar surface area (TPSA) is 70.2 Å². The van der Waals surface area contributed by atoms with Crippen LogP contribution in [-0.2, 0) is 0 Å². The SMILES string of the molecule is CC(C)c1ccc(NC(=O)c2ccc(C(=O)NC3CCCNC3)cc2)cc1. The molecule has 5 nitrogen and oxygen atoms in total. The Morgan fingerprint density at radius 3 is 2.15 bits per heavy atom. The molecule has 5 heteroatoms. The van der Waals surface area contributed by atoms with Crippen molar-refractivity contribution in [2.75, 3.05) is 18.4 Å². The van der Waals surface area contributed by atoms with Crippen molar-refractivity contribution < 1.29 is 9.59 Å². The molecule has 0 spiro atoms. The van der Waals surface area contributed by atoms with Gasteiger partial charge in [-0.25, -0.2) is 0 Å². The van der Waals surface area contributed by atoms with Crippen LogP contribution in [0.4, 0.5) is 5.69 Å². The van der Waals surface area contributed by atoms with Gasteiger partial charge >= 0.3 is 0 Å². The molecule has 1 aliphatic rings. The van der Waals surface area contributed by atoms with Crippen molar-refractivity contribution >= 4 is 17.5 Å². The summed E-state index contributed by atoms with van der Waals surface area (Å²) in [5.41, 5.74) is 3.09. The molecule has 2 amide bonds. The van der Waals surface area contributed by atoms with Gasteiger partial charge in [0.05, 0.1) is 0 Å². The Bertz CT molecular complexity index is 776. The summed E-state index contributed by atoms with van der Waals surface area (Å²) in [6.07, 6.45) is 2.07. The molecule has 0 aromatic heterocycles. The average molecular weight is 365 g/mol. The first-order chi connectivity index (χ1) is 13.0. The number of benzene rings is 2. The molecule has 1 aliphatic heterocycles. The van der Waals surface area contributed by atoms with Gasteiger partial charge < -0.3 is 16.0 Å². The highest BCUT2D eigenvalue weighted by atomic mass is 16.2. The van der Waals surface area contributed by atoms with Crippen molar-refractivity contribution in [1.29, 1.82) is 0 Å². The van der Waals surface area contributed by atoms with Gasteiger partial charge in [0, 0.05) is 29.4 Å². The number of carbonyl (C=O) groups is 2. The average Bonchev–Trinajstić information content (AvgIpc) is 2.69. The third-order valence-electron chi connectivity index (χ3n) is 4.88. The number of piperidine rings is 1. The predicted molar refractivity (Wildman–Crippen MR) is 108 cm³/mol. The quantitative estimate of drug-likeness (QED) is 0.759. The van der Waals surface area contributed by atoms with E-state index in [0.29, 0.717) is 17.0 Å². The smallest absolute Gasteiger partial charge is 0.255 e. The fourth-order valence-corrected chi connectivity index (χ4v) is 3.17. The Labute approximate surface area is 160 Å². The Kier molecular flexibility index (Phi) is 6.24. The lowest BCUT2D eigenvalue weighted by Gasteiger charge is -2.23. The fourth-order valence-electron chi connectivity index (χ4n) is 3.17. The standard InChI is InChI=1S/C22H27N3O2/c1-15(2)16-9-11-19(12-10-16)24-21(26)17-5-7-18(8-6-17)22(27)25-20-4-3-13-23-14-20/h5-12,15,20,23H,3-4,13-14H2,1-2H3,(H,24,26)(H,25,27). The lowest BCUT2D eigenvalue weighted by Crippen LogP contribution is -2.45. The van der Waals surface area contributed by atoms with Crippen molar-refractivity contribution in [3.8, 4) is 0 Å². The maximum Gasteiger partial charge on any atom is 0.255 e. The summed E-state index contributed by atoms with van der Waals surface area (Å²) in [7, 11) is 0. The van der Waals surface area contributed by atoms with Crippen LogP contribution >= 0.6 is 0 Å². The summed E-state index contributed by atoms with van der Waals surface area (Å²) in [4.78, 5) is 24.7. The van der Waals surface area contributed by atoms with Crippen molar-refractivity contribution in [2.45, 2.75) is 38.6 Å². The maximum atomic E-state index is 12.4. The summed E-state index contributed by atoms with van der Waals surface area (Å²) in [6.45, 7) is 6.09. The first-order valence-corrected chi connectivity index (χ1v) is 9.56. The number of nitrogens with one attached hydrogen (secondary N) is 3. The van der Waals surface area contributed by atoms with E-state index in [1.54, 1.807) is 24.3 Å². The molecule has 3 N–H and O–H groups in total. The number of carbonyl (C=O) groups excluding carboxylic acids is 2. The Morgan fingerprint density at radius 2 is 1.59 bits per heavy atom. The second-order valence-electron chi connectivity index (χ2n) is 7.32. The van der Waals surface area contributed by atoms with Gasteiger partial charge in [-0.3, -0.25) is 9.59 Å². The molecule has 0 saturated carbocycles. The van der Waals surface area contributed by atoms with Crippen LogP contribution in [-0.4, -0.2) is 30.9 Å². The molecule has 1 heterocycles. The van der Waals surface area contributed by atoms with Crippen LogP contribution in [0.3, 0.4) is 0 Å². The van der Waals surface area contributed by atoms with Crippen LogP contribution < -0.4 is 16.0 Å². The highest BCUT2D eigenvalue weighted by Gasteiger charge is 2.16. The van der Waals surface area contributed by atoms with Crippen molar-refractivity contribution in [3.63, 3.8) is 0 Å². The van der Waals surface area contributed by atoms with Crippen molar-refractivity contribution in [3.05, 3.63) is 65.2 Å². The zero-order valence-electron chi connectivity index (χ0n) is 15.9. The number of anilines is 1. The van der Waals surface area contributed by atoms with Gasteiger partial charge in [-0.1, -0.05) is 26.0 Å². The maximum absolute atomic E-state index is 12.4. The van der Waals surface area contributed by atoms with Crippen molar-refractivity contribution in [1.82, 2.24) is 10.6 Å². The van der Waals surface area contributed by atoms with E-state index >= 15 is 0 Å². The van der Waals surface area contributed by atoms with Gasteiger partial charge in [0.25, 0.3) is 11.8 Å². The largest absolute Gasteiger partial charge is 0.348 e.